The lowest BCUT2D eigenvalue weighted by Gasteiger charge is -2.35. The number of carboxylic acids is 1. The summed E-state index contributed by atoms with van der Waals surface area (Å²) >= 11 is 0. The molecule has 21 heavy (non-hydrogen) atoms. The minimum absolute atomic E-state index is 0.0611. The van der Waals surface area contributed by atoms with Gasteiger partial charge in [-0.1, -0.05) is 18.2 Å². The molecular formula is C16H19NO4. The van der Waals surface area contributed by atoms with Gasteiger partial charge in [-0.25, -0.2) is 0 Å². The van der Waals surface area contributed by atoms with E-state index < -0.39 is 11.9 Å². The van der Waals surface area contributed by atoms with Gasteiger partial charge >= 0.3 is 5.97 Å². The summed E-state index contributed by atoms with van der Waals surface area (Å²) in [6, 6.07) is 7.32. The van der Waals surface area contributed by atoms with Gasteiger partial charge in [-0.2, -0.15) is 0 Å². The van der Waals surface area contributed by atoms with Crippen LogP contribution in [-0.4, -0.2) is 36.7 Å². The number of hydrogen-bond acceptors (Lipinski definition) is 3. The number of fused-ring (bicyclic) bond motifs is 1. The number of nitrogens with zero attached hydrogens (tertiary/aromatic N) is 1. The molecule has 0 radical (unpaired) electrons. The molecule has 3 rings (SSSR count). The second-order valence-electron chi connectivity index (χ2n) is 5.64. The molecule has 1 fully saturated rings. The number of aliphatic carboxylic acids is 1. The molecule has 1 amide bonds. The van der Waals surface area contributed by atoms with Crippen LogP contribution in [0.4, 0.5) is 5.69 Å². The molecule has 1 aromatic carbocycles. The van der Waals surface area contributed by atoms with E-state index in [1.54, 1.807) is 4.90 Å². The van der Waals surface area contributed by atoms with E-state index in [1.165, 1.54) is 0 Å². The fraction of sp³-hybridized carbons (Fsp3) is 0.500. The molecule has 2 atom stereocenters. The molecular weight excluding hydrogens is 270 g/mol. The topological polar surface area (TPSA) is 66.8 Å². The Bertz CT molecular complexity index is 551. The standard InChI is InChI=1S/C16H19NO4/c18-15(11-4-3-9-21-10-11)17-8-7-13(16(19)20)12-5-1-2-6-14(12)17/h1-2,5-6,11,13H,3-4,7-10H2,(H,19,20). The number of carbonyl (C=O) groups excluding carboxylic acids is 1. The average molecular weight is 289 g/mol. The zero-order chi connectivity index (χ0) is 14.8. The predicted molar refractivity (Wildman–Crippen MR) is 77.3 cm³/mol. The molecule has 1 saturated heterocycles. The lowest BCUT2D eigenvalue weighted by atomic mass is 9.89. The fourth-order valence-electron chi connectivity index (χ4n) is 3.20. The first-order valence-corrected chi connectivity index (χ1v) is 7.39. The van der Waals surface area contributed by atoms with Crippen molar-refractivity contribution in [2.75, 3.05) is 24.7 Å². The molecule has 0 saturated carbocycles. The van der Waals surface area contributed by atoms with Crippen molar-refractivity contribution >= 4 is 17.6 Å². The number of para-hydroxylation sites is 1. The Hall–Kier alpha value is -1.88. The first kappa shape index (κ1) is 14.1. The molecule has 2 unspecified atom stereocenters. The highest BCUT2D eigenvalue weighted by molar-refractivity contribution is 5.97. The number of hydrogen-bond donors (Lipinski definition) is 1. The zero-order valence-corrected chi connectivity index (χ0v) is 11.8. The van der Waals surface area contributed by atoms with E-state index in [4.69, 9.17) is 4.74 Å². The van der Waals surface area contributed by atoms with E-state index in [0.717, 1.165) is 30.7 Å². The van der Waals surface area contributed by atoms with Crippen LogP contribution in [0, 0.1) is 5.92 Å². The summed E-state index contributed by atoms with van der Waals surface area (Å²) in [5.74, 6) is -1.39. The van der Waals surface area contributed by atoms with Gasteiger partial charge in [0.05, 0.1) is 18.4 Å². The normalized spacial score (nSPS) is 25.2. The van der Waals surface area contributed by atoms with Crippen molar-refractivity contribution in [2.24, 2.45) is 5.92 Å². The van der Waals surface area contributed by atoms with E-state index in [2.05, 4.69) is 0 Å². The SMILES string of the molecule is O=C(O)C1CCN(C(=O)C2CCCOC2)c2ccccc21. The molecule has 0 spiro atoms. The monoisotopic (exact) mass is 289 g/mol. The Morgan fingerprint density at radius 3 is 2.76 bits per heavy atom. The maximum Gasteiger partial charge on any atom is 0.311 e. The third-order valence-corrected chi connectivity index (χ3v) is 4.32. The van der Waals surface area contributed by atoms with Crippen molar-refractivity contribution in [3.8, 4) is 0 Å². The quantitative estimate of drug-likeness (QED) is 0.904. The highest BCUT2D eigenvalue weighted by atomic mass is 16.5. The minimum atomic E-state index is -0.824. The summed E-state index contributed by atoms with van der Waals surface area (Å²) in [5, 5.41) is 9.34. The van der Waals surface area contributed by atoms with Gasteiger partial charge in [0.1, 0.15) is 0 Å². The van der Waals surface area contributed by atoms with Gasteiger partial charge in [0.2, 0.25) is 5.91 Å². The molecule has 5 nitrogen and oxygen atoms in total. The third kappa shape index (κ3) is 2.65. The second-order valence-corrected chi connectivity index (χ2v) is 5.64. The van der Waals surface area contributed by atoms with Crippen molar-refractivity contribution < 1.29 is 19.4 Å². The van der Waals surface area contributed by atoms with Gasteiger partial charge in [0, 0.05) is 18.8 Å². The molecule has 0 bridgehead atoms. The summed E-state index contributed by atoms with van der Waals surface area (Å²) in [5.41, 5.74) is 1.48. The molecule has 2 aliphatic rings. The molecule has 1 N–H and O–H groups in total. The van der Waals surface area contributed by atoms with Crippen LogP contribution in [0.5, 0.6) is 0 Å². The van der Waals surface area contributed by atoms with E-state index >= 15 is 0 Å². The van der Waals surface area contributed by atoms with Crippen LogP contribution in [0.1, 0.15) is 30.7 Å². The molecule has 5 heteroatoms. The lowest BCUT2D eigenvalue weighted by molar-refractivity contribution is -0.139. The highest BCUT2D eigenvalue weighted by Crippen LogP contribution is 2.36. The first-order valence-electron chi connectivity index (χ1n) is 7.39. The van der Waals surface area contributed by atoms with Gasteiger partial charge in [-0.05, 0) is 30.9 Å². The minimum Gasteiger partial charge on any atom is -0.481 e. The van der Waals surface area contributed by atoms with Gasteiger partial charge < -0.3 is 14.7 Å². The molecule has 0 aromatic heterocycles. The molecule has 1 aromatic rings. The number of carboxylic acid groups (broad SMARTS) is 1. The Morgan fingerprint density at radius 1 is 1.24 bits per heavy atom. The Labute approximate surface area is 123 Å². The number of anilines is 1. The summed E-state index contributed by atoms with van der Waals surface area (Å²) in [4.78, 5) is 25.8. The van der Waals surface area contributed by atoms with Crippen LogP contribution in [0.15, 0.2) is 24.3 Å². The Morgan fingerprint density at radius 2 is 2.05 bits per heavy atom. The van der Waals surface area contributed by atoms with Crippen LogP contribution in [-0.2, 0) is 14.3 Å². The lowest BCUT2D eigenvalue weighted by Crippen LogP contribution is -2.43. The number of rotatable bonds is 2. The highest BCUT2D eigenvalue weighted by Gasteiger charge is 2.35. The van der Waals surface area contributed by atoms with E-state index in [0.29, 0.717) is 19.6 Å². The number of benzene rings is 1. The van der Waals surface area contributed by atoms with E-state index in [-0.39, 0.29) is 11.8 Å². The second kappa shape index (κ2) is 5.85. The fourth-order valence-corrected chi connectivity index (χ4v) is 3.20. The first-order chi connectivity index (χ1) is 10.2. The van der Waals surface area contributed by atoms with Gasteiger partial charge in [0.15, 0.2) is 0 Å². The molecule has 112 valence electrons. The van der Waals surface area contributed by atoms with Crippen LogP contribution in [0.3, 0.4) is 0 Å². The summed E-state index contributed by atoms with van der Waals surface area (Å²) in [6.07, 6.45) is 2.22. The average Bonchev–Trinajstić information content (AvgIpc) is 2.54. The van der Waals surface area contributed by atoms with Crippen molar-refractivity contribution in [3.05, 3.63) is 29.8 Å². The molecule has 2 heterocycles. The summed E-state index contributed by atoms with van der Waals surface area (Å²) < 4.78 is 5.40. The van der Waals surface area contributed by atoms with Crippen molar-refractivity contribution in [2.45, 2.75) is 25.2 Å². The number of amides is 1. The Kier molecular flexibility index (Phi) is 3.92. The summed E-state index contributed by atoms with van der Waals surface area (Å²) in [7, 11) is 0. The van der Waals surface area contributed by atoms with E-state index in [1.807, 2.05) is 24.3 Å². The predicted octanol–water partition coefficient (Wildman–Crippen LogP) is 2.02. The van der Waals surface area contributed by atoms with Crippen LogP contribution < -0.4 is 4.90 Å². The van der Waals surface area contributed by atoms with Gasteiger partial charge in [-0.15, -0.1) is 0 Å². The maximum atomic E-state index is 12.7. The maximum absolute atomic E-state index is 12.7. The van der Waals surface area contributed by atoms with Crippen molar-refractivity contribution in [1.82, 2.24) is 0 Å². The third-order valence-electron chi connectivity index (χ3n) is 4.32. The van der Waals surface area contributed by atoms with Crippen molar-refractivity contribution in [3.63, 3.8) is 0 Å². The Balaban J connectivity index is 1.88. The smallest absolute Gasteiger partial charge is 0.311 e. The largest absolute Gasteiger partial charge is 0.481 e. The van der Waals surface area contributed by atoms with Crippen LogP contribution in [0.25, 0.3) is 0 Å². The van der Waals surface area contributed by atoms with E-state index in [9.17, 15) is 14.7 Å². The van der Waals surface area contributed by atoms with Gasteiger partial charge in [-0.3, -0.25) is 9.59 Å². The van der Waals surface area contributed by atoms with Gasteiger partial charge in [0.25, 0.3) is 0 Å². The molecule has 0 aliphatic carbocycles. The number of carbonyl (C=O) groups is 2. The summed E-state index contributed by atoms with van der Waals surface area (Å²) in [6.45, 7) is 1.66. The molecule has 2 aliphatic heterocycles. The zero-order valence-electron chi connectivity index (χ0n) is 11.8. The van der Waals surface area contributed by atoms with Crippen LogP contribution >= 0.6 is 0 Å². The van der Waals surface area contributed by atoms with Crippen molar-refractivity contribution in [1.29, 1.82) is 0 Å². The number of ether oxygens (including phenoxy) is 1. The van der Waals surface area contributed by atoms with Crippen LogP contribution in [0.2, 0.25) is 0 Å².